The summed E-state index contributed by atoms with van der Waals surface area (Å²) in [5, 5.41) is 10.8. The van der Waals surface area contributed by atoms with Crippen molar-refractivity contribution < 1.29 is 18.7 Å². The minimum Gasteiger partial charge on any atom is -0.454 e. The van der Waals surface area contributed by atoms with Crippen LogP contribution >= 0.6 is 23.2 Å². The molecule has 178 valence electrons. The third-order valence-electron chi connectivity index (χ3n) is 6.13. The average Bonchev–Trinajstić information content (AvgIpc) is 3.43. The van der Waals surface area contributed by atoms with Gasteiger partial charge in [-0.3, -0.25) is 4.79 Å². The van der Waals surface area contributed by atoms with Crippen LogP contribution in [0.15, 0.2) is 77.8 Å². The Balaban J connectivity index is 1.49. The molecule has 0 aromatic heterocycles. The fraction of sp³-hybridized carbons (Fsp3) is 0.214. The van der Waals surface area contributed by atoms with E-state index in [-0.39, 0.29) is 11.7 Å². The van der Waals surface area contributed by atoms with Crippen molar-refractivity contribution in [1.29, 1.82) is 5.26 Å². The van der Waals surface area contributed by atoms with E-state index in [1.807, 2.05) is 38.1 Å². The molecule has 1 aliphatic carbocycles. The summed E-state index contributed by atoms with van der Waals surface area (Å²) in [6.45, 7) is 3.85. The van der Waals surface area contributed by atoms with Crippen molar-refractivity contribution in [2.24, 2.45) is 17.3 Å². The third kappa shape index (κ3) is 5.51. The highest BCUT2D eigenvalue weighted by molar-refractivity contribution is 6.32. The second-order valence-electron chi connectivity index (χ2n) is 8.91. The Morgan fingerprint density at radius 3 is 2.43 bits per heavy atom. The largest absolute Gasteiger partial charge is 0.454 e. The molecule has 3 atom stereocenters. The number of halogens is 3. The SMILES string of the molecule is CC1(C)C(C(=O)OC(C#N)c2ccc(F)c(Oc3ccccc3)c2)C1C(Cl)=Cc1ccc(Cl)cc1. The highest BCUT2D eigenvalue weighted by Gasteiger charge is 2.64. The minimum absolute atomic E-state index is 0.0661. The second kappa shape index (κ2) is 10.1. The van der Waals surface area contributed by atoms with Crippen LogP contribution in [0.3, 0.4) is 0 Å². The number of allylic oxidation sites excluding steroid dienone is 1. The highest BCUT2D eigenvalue weighted by atomic mass is 35.5. The van der Waals surface area contributed by atoms with E-state index in [1.165, 1.54) is 18.2 Å². The lowest BCUT2D eigenvalue weighted by Crippen LogP contribution is -2.14. The van der Waals surface area contributed by atoms with Gasteiger partial charge in [0.2, 0.25) is 6.10 Å². The predicted octanol–water partition coefficient (Wildman–Crippen LogP) is 7.93. The van der Waals surface area contributed by atoms with Crippen molar-refractivity contribution in [3.05, 3.63) is 99.8 Å². The molecule has 0 radical (unpaired) electrons. The lowest BCUT2D eigenvalue weighted by Gasteiger charge is -2.14. The van der Waals surface area contributed by atoms with Gasteiger partial charge in [0.1, 0.15) is 11.8 Å². The van der Waals surface area contributed by atoms with Crippen molar-refractivity contribution in [3.63, 3.8) is 0 Å². The fourth-order valence-corrected chi connectivity index (χ4v) is 4.79. The molecule has 3 aromatic carbocycles. The topological polar surface area (TPSA) is 59.3 Å². The number of nitrogens with zero attached hydrogens (tertiary/aromatic N) is 1. The molecule has 0 aliphatic heterocycles. The monoisotopic (exact) mass is 509 g/mol. The van der Waals surface area contributed by atoms with E-state index in [9.17, 15) is 14.4 Å². The number of benzene rings is 3. The summed E-state index contributed by atoms with van der Waals surface area (Å²) in [5.41, 5.74) is 0.731. The molecule has 35 heavy (non-hydrogen) atoms. The molecule has 0 amide bonds. The first-order chi connectivity index (χ1) is 16.7. The molecule has 3 aromatic rings. The smallest absolute Gasteiger partial charge is 0.311 e. The molecular formula is C28H22Cl2FNO3. The van der Waals surface area contributed by atoms with Crippen LogP contribution in [0.25, 0.3) is 6.08 Å². The van der Waals surface area contributed by atoms with Crippen molar-refractivity contribution in [3.8, 4) is 17.6 Å². The molecule has 1 fully saturated rings. The first kappa shape index (κ1) is 24.8. The van der Waals surface area contributed by atoms with Crippen LogP contribution in [-0.4, -0.2) is 5.97 Å². The van der Waals surface area contributed by atoms with Gasteiger partial charge in [0.05, 0.1) is 5.92 Å². The molecule has 0 saturated heterocycles. The number of hydrogen-bond acceptors (Lipinski definition) is 4. The Morgan fingerprint density at radius 2 is 1.77 bits per heavy atom. The van der Waals surface area contributed by atoms with Gasteiger partial charge in [0.25, 0.3) is 0 Å². The van der Waals surface area contributed by atoms with Crippen molar-refractivity contribution in [2.75, 3.05) is 0 Å². The van der Waals surface area contributed by atoms with Crippen LogP contribution in [0.5, 0.6) is 11.5 Å². The number of hydrogen-bond donors (Lipinski definition) is 0. The number of para-hydroxylation sites is 1. The summed E-state index contributed by atoms with van der Waals surface area (Å²) in [5.74, 6) is -1.53. The van der Waals surface area contributed by atoms with E-state index < -0.39 is 29.2 Å². The Labute approximate surface area is 213 Å². The molecule has 3 unspecified atom stereocenters. The van der Waals surface area contributed by atoms with Gasteiger partial charge in [-0.2, -0.15) is 5.26 Å². The van der Waals surface area contributed by atoms with E-state index >= 15 is 0 Å². The van der Waals surface area contributed by atoms with Crippen LogP contribution in [0.4, 0.5) is 4.39 Å². The Kier molecular flexibility index (Phi) is 7.16. The Morgan fingerprint density at radius 1 is 1.09 bits per heavy atom. The zero-order valence-electron chi connectivity index (χ0n) is 19.0. The lowest BCUT2D eigenvalue weighted by molar-refractivity contribution is -0.149. The second-order valence-corrected chi connectivity index (χ2v) is 9.78. The molecule has 0 heterocycles. The minimum atomic E-state index is -1.22. The Bertz CT molecular complexity index is 1300. The lowest BCUT2D eigenvalue weighted by atomic mass is 10.1. The standard InChI is InChI=1S/C28H22Cl2FNO3/c1-28(2)25(21(30)14-17-8-11-19(29)12-9-17)26(28)27(33)35-24(16-32)18-10-13-22(31)23(15-18)34-20-6-4-3-5-7-20/h3-15,24-26H,1-2H3. The highest BCUT2D eigenvalue weighted by Crippen LogP contribution is 2.63. The molecule has 1 aliphatic rings. The summed E-state index contributed by atoms with van der Waals surface area (Å²) in [6, 6.07) is 21.8. The third-order valence-corrected chi connectivity index (χ3v) is 6.73. The zero-order chi connectivity index (χ0) is 25.2. The number of rotatable bonds is 7. The first-order valence-corrected chi connectivity index (χ1v) is 11.7. The fourth-order valence-electron chi connectivity index (χ4n) is 4.14. The van der Waals surface area contributed by atoms with Crippen LogP contribution in [0.1, 0.15) is 31.1 Å². The first-order valence-electron chi connectivity index (χ1n) is 11.0. The number of carbonyl (C=O) groups is 1. The number of nitriles is 1. The van der Waals surface area contributed by atoms with Gasteiger partial charge >= 0.3 is 5.97 Å². The Hall–Kier alpha value is -3.33. The van der Waals surface area contributed by atoms with E-state index in [0.29, 0.717) is 21.4 Å². The van der Waals surface area contributed by atoms with Gasteiger partial charge in [-0.05, 0) is 53.5 Å². The molecule has 1 saturated carbocycles. The van der Waals surface area contributed by atoms with Crippen LogP contribution in [0.2, 0.25) is 5.02 Å². The van der Waals surface area contributed by atoms with Crippen LogP contribution in [-0.2, 0) is 9.53 Å². The summed E-state index contributed by atoms with van der Waals surface area (Å²) >= 11 is 12.5. The predicted molar refractivity (Wildman–Crippen MR) is 133 cm³/mol. The average molecular weight is 510 g/mol. The van der Waals surface area contributed by atoms with E-state index in [4.69, 9.17) is 32.7 Å². The van der Waals surface area contributed by atoms with Gasteiger partial charge in [-0.15, -0.1) is 0 Å². The van der Waals surface area contributed by atoms with E-state index in [2.05, 4.69) is 0 Å². The van der Waals surface area contributed by atoms with Crippen LogP contribution in [0, 0.1) is 34.4 Å². The van der Waals surface area contributed by atoms with Gasteiger partial charge < -0.3 is 9.47 Å². The number of esters is 1. The van der Waals surface area contributed by atoms with Gasteiger partial charge in [0.15, 0.2) is 11.6 Å². The molecular weight excluding hydrogens is 488 g/mol. The number of ether oxygens (including phenoxy) is 2. The van der Waals surface area contributed by atoms with Crippen molar-refractivity contribution >= 4 is 35.2 Å². The molecule has 4 nitrogen and oxygen atoms in total. The maximum Gasteiger partial charge on any atom is 0.311 e. The maximum absolute atomic E-state index is 14.3. The van der Waals surface area contributed by atoms with E-state index in [0.717, 1.165) is 5.56 Å². The normalized spacial score (nSPS) is 19.4. The molecule has 0 bridgehead atoms. The van der Waals surface area contributed by atoms with Crippen molar-refractivity contribution in [2.45, 2.75) is 20.0 Å². The molecule has 0 spiro atoms. The molecule has 4 rings (SSSR count). The van der Waals surface area contributed by atoms with Crippen molar-refractivity contribution in [1.82, 2.24) is 0 Å². The summed E-state index contributed by atoms with van der Waals surface area (Å²) in [6.07, 6.45) is 0.573. The molecule has 7 heteroatoms. The van der Waals surface area contributed by atoms with Crippen LogP contribution < -0.4 is 4.74 Å². The summed E-state index contributed by atoms with van der Waals surface area (Å²) < 4.78 is 25.5. The van der Waals surface area contributed by atoms with E-state index in [1.54, 1.807) is 42.5 Å². The summed E-state index contributed by atoms with van der Waals surface area (Å²) in [7, 11) is 0. The summed E-state index contributed by atoms with van der Waals surface area (Å²) in [4.78, 5) is 13.0. The van der Waals surface area contributed by atoms with Gasteiger partial charge in [0, 0.05) is 21.5 Å². The van der Waals surface area contributed by atoms with Gasteiger partial charge in [-0.25, -0.2) is 4.39 Å². The maximum atomic E-state index is 14.3. The molecule has 0 N–H and O–H groups in total. The van der Waals surface area contributed by atoms with Gasteiger partial charge in [-0.1, -0.05) is 73.4 Å². The quantitative estimate of drug-likeness (QED) is 0.303. The number of carbonyl (C=O) groups excluding carboxylic acids is 1. The zero-order valence-corrected chi connectivity index (χ0v) is 20.6.